The van der Waals surface area contributed by atoms with Gasteiger partial charge in [0.25, 0.3) is 0 Å². The predicted molar refractivity (Wildman–Crippen MR) is 157 cm³/mol. The number of fused-ring (bicyclic) bond motifs is 2. The zero-order chi connectivity index (χ0) is 28.6. The molecule has 0 saturated carbocycles. The van der Waals surface area contributed by atoms with Crippen LogP contribution in [0.15, 0.2) is 47.8 Å². The van der Waals surface area contributed by atoms with E-state index in [-0.39, 0.29) is 17.8 Å². The summed E-state index contributed by atoms with van der Waals surface area (Å²) in [6.07, 6.45) is 2.97. The summed E-state index contributed by atoms with van der Waals surface area (Å²) in [6, 6.07) is 10.7. The monoisotopic (exact) mass is 578 g/mol. The van der Waals surface area contributed by atoms with Crippen molar-refractivity contribution < 1.29 is 13.9 Å². The Morgan fingerprint density at radius 2 is 1.98 bits per heavy atom. The molecule has 4 aromatic rings. The molecule has 8 nitrogen and oxygen atoms in total. The Morgan fingerprint density at radius 3 is 2.67 bits per heavy atom. The van der Waals surface area contributed by atoms with Crippen LogP contribution in [0.25, 0.3) is 37.8 Å². The molecule has 1 aliphatic heterocycles. The van der Waals surface area contributed by atoms with Gasteiger partial charge in [0.05, 0.1) is 5.39 Å². The molecule has 1 atom stereocenters. The number of ether oxygens (including phenoxy) is 1. The molecule has 1 amide bonds. The number of rotatable bonds is 4. The van der Waals surface area contributed by atoms with Gasteiger partial charge in [-0.15, -0.1) is 0 Å². The Bertz CT molecular complexity index is 1650. The highest BCUT2D eigenvalue weighted by atomic mass is 35.5. The van der Waals surface area contributed by atoms with E-state index in [2.05, 4.69) is 14.8 Å². The van der Waals surface area contributed by atoms with Gasteiger partial charge in [-0.3, -0.25) is 9.88 Å². The van der Waals surface area contributed by atoms with Gasteiger partial charge in [-0.2, -0.15) is 0 Å². The number of nitrogens with zero attached hydrogens (tertiary/aromatic N) is 6. The number of amides is 1. The van der Waals surface area contributed by atoms with E-state index in [1.54, 1.807) is 23.2 Å². The Kier molecular flexibility index (Phi) is 7.71. The lowest BCUT2D eigenvalue weighted by atomic mass is 10.0. The molecule has 1 saturated heterocycles. The number of carbonyl (C=O) groups excluding carboxylic acids is 1. The SMILES string of the molecule is [C-]#[N+]C[C@H]1CN(c2nc(SC)nc3c(F)c(-c4cccc5cccc(Cl)c45)ncc23)CCN1C(=O)OC(C)(C)C. The highest BCUT2D eigenvalue weighted by Gasteiger charge is 2.36. The van der Waals surface area contributed by atoms with E-state index < -0.39 is 23.6 Å². The fraction of sp³-hybridized carbons (Fsp3) is 0.345. The number of piperazine rings is 1. The van der Waals surface area contributed by atoms with Gasteiger partial charge >= 0.3 is 6.09 Å². The van der Waals surface area contributed by atoms with Crippen LogP contribution in [-0.4, -0.2) is 70.0 Å². The Morgan fingerprint density at radius 1 is 1.23 bits per heavy atom. The molecule has 2 aromatic carbocycles. The standard InChI is InChI=1S/C29H28ClFN6O2S/c1-29(2,3)39-28(38)37-13-12-36(16-18(37)14-32-4)26-20-15-33-24(23(31)25(20)34-27(35-26)40-5)19-10-6-8-17-9-7-11-21(30)22(17)19/h6-11,15,18H,12-14,16H2,1-3,5H3/t18-/m0/s1. The average Bonchev–Trinajstić information content (AvgIpc) is 2.92. The molecule has 0 unspecified atom stereocenters. The number of halogens is 2. The third kappa shape index (κ3) is 5.36. The molecule has 0 aliphatic carbocycles. The molecule has 2 aromatic heterocycles. The second-order valence-corrected chi connectivity index (χ2v) is 11.7. The van der Waals surface area contributed by atoms with E-state index >= 15 is 4.39 Å². The normalized spacial score (nSPS) is 15.9. The van der Waals surface area contributed by atoms with Crippen molar-refractivity contribution in [2.45, 2.75) is 37.6 Å². The molecular formula is C29H28ClFN6O2S. The summed E-state index contributed by atoms with van der Waals surface area (Å²) in [6.45, 7) is 14.1. The minimum atomic E-state index is -0.651. The second-order valence-electron chi connectivity index (χ2n) is 10.5. The molecule has 1 fully saturated rings. The molecule has 3 heterocycles. The van der Waals surface area contributed by atoms with Crippen LogP contribution in [0.1, 0.15) is 20.8 Å². The van der Waals surface area contributed by atoms with Crippen molar-refractivity contribution in [1.82, 2.24) is 19.9 Å². The number of pyridine rings is 1. The molecule has 11 heteroatoms. The van der Waals surface area contributed by atoms with Gasteiger partial charge in [0.15, 0.2) is 11.0 Å². The third-order valence-corrected chi connectivity index (χ3v) is 7.51. The van der Waals surface area contributed by atoms with Crippen LogP contribution in [0.4, 0.5) is 15.0 Å². The van der Waals surface area contributed by atoms with Gasteiger partial charge in [-0.1, -0.05) is 53.7 Å². The fourth-order valence-electron chi connectivity index (χ4n) is 4.90. The van der Waals surface area contributed by atoms with Crippen molar-refractivity contribution in [3.05, 3.63) is 64.9 Å². The van der Waals surface area contributed by atoms with Gasteiger partial charge in [0.1, 0.15) is 28.7 Å². The number of aromatic nitrogens is 3. The average molecular weight is 579 g/mol. The van der Waals surface area contributed by atoms with E-state index in [1.807, 2.05) is 56.2 Å². The number of benzene rings is 2. The molecule has 40 heavy (non-hydrogen) atoms. The van der Waals surface area contributed by atoms with Gasteiger partial charge in [-0.05, 0) is 38.5 Å². The summed E-state index contributed by atoms with van der Waals surface area (Å²) >= 11 is 7.83. The van der Waals surface area contributed by atoms with E-state index in [0.29, 0.717) is 46.6 Å². The van der Waals surface area contributed by atoms with E-state index in [0.717, 1.165) is 10.8 Å². The van der Waals surface area contributed by atoms with Crippen molar-refractivity contribution in [3.8, 4) is 11.3 Å². The zero-order valence-corrected chi connectivity index (χ0v) is 24.2. The lowest BCUT2D eigenvalue weighted by Gasteiger charge is -2.40. The van der Waals surface area contributed by atoms with E-state index in [9.17, 15) is 4.79 Å². The van der Waals surface area contributed by atoms with Gasteiger partial charge < -0.3 is 14.5 Å². The van der Waals surface area contributed by atoms with Crippen LogP contribution < -0.4 is 4.90 Å². The summed E-state index contributed by atoms with van der Waals surface area (Å²) in [7, 11) is 0. The lowest BCUT2D eigenvalue weighted by molar-refractivity contribution is 0.0156. The van der Waals surface area contributed by atoms with Crippen molar-refractivity contribution in [2.75, 3.05) is 37.3 Å². The summed E-state index contributed by atoms with van der Waals surface area (Å²) in [5.74, 6) is -0.0453. The van der Waals surface area contributed by atoms with Crippen LogP contribution in [0.2, 0.25) is 5.02 Å². The predicted octanol–water partition coefficient (Wildman–Crippen LogP) is 6.70. The first kappa shape index (κ1) is 27.9. The lowest BCUT2D eigenvalue weighted by Crippen LogP contribution is -2.57. The first-order chi connectivity index (χ1) is 19.1. The molecule has 0 spiro atoms. The van der Waals surface area contributed by atoms with E-state index in [4.69, 9.17) is 27.9 Å². The summed E-state index contributed by atoms with van der Waals surface area (Å²) in [5.41, 5.74) is 0.238. The first-order valence-electron chi connectivity index (χ1n) is 12.8. The quantitative estimate of drug-likeness (QED) is 0.151. The van der Waals surface area contributed by atoms with Crippen LogP contribution in [0, 0.1) is 12.4 Å². The van der Waals surface area contributed by atoms with Crippen molar-refractivity contribution in [2.24, 2.45) is 0 Å². The summed E-state index contributed by atoms with van der Waals surface area (Å²) < 4.78 is 21.8. The van der Waals surface area contributed by atoms with Crippen LogP contribution in [-0.2, 0) is 4.74 Å². The smallest absolute Gasteiger partial charge is 0.410 e. The van der Waals surface area contributed by atoms with Crippen LogP contribution >= 0.6 is 23.4 Å². The molecule has 0 radical (unpaired) electrons. The fourth-order valence-corrected chi connectivity index (χ4v) is 5.55. The highest BCUT2D eigenvalue weighted by molar-refractivity contribution is 7.98. The minimum Gasteiger partial charge on any atom is -0.444 e. The number of anilines is 1. The number of hydrogen-bond donors (Lipinski definition) is 0. The van der Waals surface area contributed by atoms with Crippen molar-refractivity contribution in [3.63, 3.8) is 0 Å². The Balaban J connectivity index is 1.57. The van der Waals surface area contributed by atoms with Gasteiger partial charge in [0.2, 0.25) is 6.54 Å². The molecule has 0 N–H and O–H groups in total. The topological polar surface area (TPSA) is 75.8 Å². The third-order valence-electron chi connectivity index (χ3n) is 6.65. The maximum Gasteiger partial charge on any atom is 0.410 e. The number of carbonyl (C=O) groups is 1. The second kappa shape index (κ2) is 11.1. The number of hydrogen-bond acceptors (Lipinski definition) is 7. The van der Waals surface area contributed by atoms with E-state index in [1.165, 1.54) is 11.8 Å². The maximum atomic E-state index is 16.3. The Hall–Kier alpha value is -3.68. The Labute approximate surface area is 241 Å². The van der Waals surface area contributed by atoms with Crippen molar-refractivity contribution >= 4 is 56.9 Å². The minimum absolute atomic E-state index is 0.104. The molecule has 206 valence electrons. The number of thioether (sulfide) groups is 1. The summed E-state index contributed by atoms with van der Waals surface area (Å²) in [4.78, 5) is 33.8. The molecule has 5 rings (SSSR count). The highest BCUT2D eigenvalue weighted by Crippen LogP contribution is 2.37. The summed E-state index contributed by atoms with van der Waals surface area (Å²) in [5, 5.41) is 2.98. The van der Waals surface area contributed by atoms with Gasteiger partial charge in [-0.25, -0.2) is 25.7 Å². The van der Waals surface area contributed by atoms with Gasteiger partial charge in [0, 0.05) is 41.8 Å². The van der Waals surface area contributed by atoms with Crippen LogP contribution in [0.3, 0.4) is 0 Å². The van der Waals surface area contributed by atoms with Crippen molar-refractivity contribution in [1.29, 1.82) is 0 Å². The van der Waals surface area contributed by atoms with Crippen LogP contribution in [0.5, 0.6) is 0 Å². The largest absolute Gasteiger partial charge is 0.444 e. The maximum absolute atomic E-state index is 16.3. The molecular weight excluding hydrogens is 551 g/mol. The first-order valence-corrected chi connectivity index (χ1v) is 14.4. The zero-order valence-electron chi connectivity index (χ0n) is 22.6. The molecule has 0 bridgehead atoms. The molecule has 1 aliphatic rings.